The normalized spacial score (nSPS) is 12.2. The molecular weight excluding hydrogens is 318 g/mol. The van der Waals surface area contributed by atoms with Gasteiger partial charge in [0.15, 0.2) is 0 Å². The van der Waals surface area contributed by atoms with E-state index >= 15 is 0 Å². The SMILES string of the molecule is COc1ccc(/C=C/C(=O)NCC(C)Cn2ccnc2C)c(OC)c1. The number of ether oxygens (including phenoxy) is 2. The third-order valence-electron chi connectivity index (χ3n) is 3.91. The molecule has 1 heterocycles. The molecular formula is C19H25N3O3. The van der Waals surface area contributed by atoms with Crippen molar-refractivity contribution in [2.75, 3.05) is 20.8 Å². The van der Waals surface area contributed by atoms with Crippen LogP contribution in [0.15, 0.2) is 36.7 Å². The van der Waals surface area contributed by atoms with Crippen molar-refractivity contribution in [3.05, 3.63) is 48.1 Å². The van der Waals surface area contributed by atoms with E-state index in [1.165, 1.54) is 6.08 Å². The van der Waals surface area contributed by atoms with Gasteiger partial charge in [-0.2, -0.15) is 0 Å². The van der Waals surface area contributed by atoms with Crippen LogP contribution < -0.4 is 14.8 Å². The Labute approximate surface area is 148 Å². The number of carbonyl (C=O) groups is 1. The average Bonchev–Trinajstić information content (AvgIpc) is 3.02. The van der Waals surface area contributed by atoms with Gasteiger partial charge in [-0.3, -0.25) is 4.79 Å². The van der Waals surface area contributed by atoms with Crippen molar-refractivity contribution in [2.45, 2.75) is 20.4 Å². The largest absolute Gasteiger partial charge is 0.497 e. The summed E-state index contributed by atoms with van der Waals surface area (Å²) in [5, 5.41) is 2.92. The highest BCUT2D eigenvalue weighted by molar-refractivity contribution is 5.92. The Kier molecular flexibility index (Phi) is 6.62. The minimum absolute atomic E-state index is 0.132. The minimum Gasteiger partial charge on any atom is -0.497 e. The molecule has 1 N–H and O–H groups in total. The molecule has 1 unspecified atom stereocenters. The summed E-state index contributed by atoms with van der Waals surface area (Å²) in [7, 11) is 3.19. The van der Waals surface area contributed by atoms with E-state index < -0.39 is 0 Å². The maximum Gasteiger partial charge on any atom is 0.244 e. The van der Waals surface area contributed by atoms with E-state index in [9.17, 15) is 4.79 Å². The maximum atomic E-state index is 12.0. The van der Waals surface area contributed by atoms with Gasteiger partial charge in [-0.1, -0.05) is 6.92 Å². The summed E-state index contributed by atoms with van der Waals surface area (Å²) in [5.74, 6) is 2.52. The Bertz CT molecular complexity index is 737. The molecule has 2 aromatic rings. The zero-order chi connectivity index (χ0) is 18.2. The van der Waals surface area contributed by atoms with E-state index in [-0.39, 0.29) is 5.91 Å². The fourth-order valence-electron chi connectivity index (χ4n) is 2.45. The number of hydrogen-bond donors (Lipinski definition) is 1. The van der Waals surface area contributed by atoms with E-state index in [1.54, 1.807) is 32.6 Å². The van der Waals surface area contributed by atoms with Gasteiger partial charge in [0, 0.05) is 43.2 Å². The summed E-state index contributed by atoms with van der Waals surface area (Å²) in [4.78, 5) is 16.2. The van der Waals surface area contributed by atoms with Crippen LogP contribution in [0.4, 0.5) is 0 Å². The van der Waals surface area contributed by atoms with Gasteiger partial charge < -0.3 is 19.4 Å². The molecule has 1 aromatic carbocycles. The highest BCUT2D eigenvalue weighted by Crippen LogP contribution is 2.25. The zero-order valence-corrected chi connectivity index (χ0v) is 15.2. The monoisotopic (exact) mass is 343 g/mol. The van der Waals surface area contributed by atoms with Gasteiger partial charge in [-0.15, -0.1) is 0 Å². The first-order chi connectivity index (χ1) is 12.0. The number of benzene rings is 1. The third-order valence-corrected chi connectivity index (χ3v) is 3.91. The molecule has 6 nitrogen and oxygen atoms in total. The van der Waals surface area contributed by atoms with Crippen molar-refractivity contribution in [3.8, 4) is 11.5 Å². The lowest BCUT2D eigenvalue weighted by Crippen LogP contribution is -2.28. The van der Waals surface area contributed by atoms with Crippen molar-refractivity contribution in [3.63, 3.8) is 0 Å². The first-order valence-electron chi connectivity index (χ1n) is 8.19. The molecule has 134 valence electrons. The molecule has 0 aliphatic heterocycles. The molecule has 0 bridgehead atoms. The number of nitrogens with zero attached hydrogens (tertiary/aromatic N) is 2. The van der Waals surface area contributed by atoms with Crippen LogP contribution in [0.25, 0.3) is 6.08 Å². The lowest BCUT2D eigenvalue weighted by atomic mass is 10.1. The van der Waals surface area contributed by atoms with Gasteiger partial charge >= 0.3 is 0 Å². The molecule has 6 heteroatoms. The lowest BCUT2D eigenvalue weighted by Gasteiger charge is -2.13. The van der Waals surface area contributed by atoms with E-state index in [2.05, 4.69) is 21.8 Å². The number of rotatable bonds is 8. The molecule has 0 saturated carbocycles. The van der Waals surface area contributed by atoms with Crippen molar-refractivity contribution in [1.29, 1.82) is 0 Å². The van der Waals surface area contributed by atoms with E-state index in [1.807, 2.05) is 25.3 Å². The predicted octanol–water partition coefficient (Wildman–Crippen LogP) is 2.67. The zero-order valence-electron chi connectivity index (χ0n) is 15.2. The van der Waals surface area contributed by atoms with E-state index in [4.69, 9.17) is 9.47 Å². The molecule has 0 spiro atoms. The predicted molar refractivity (Wildman–Crippen MR) is 97.7 cm³/mol. The standard InChI is InChI=1S/C19H25N3O3/c1-14(13-22-10-9-20-15(22)2)12-21-19(23)8-6-16-5-7-17(24-3)11-18(16)25-4/h5-11,14H,12-13H2,1-4H3,(H,21,23)/b8-6+. The highest BCUT2D eigenvalue weighted by Gasteiger charge is 2.07. The number of hydrogen-bond acceptors (Lipinski definition) is 4. The van der Waals surface area contributed by atoms with Crippen molar-refractivity contribution in [2.24, 2.45) is 5.92 Å². The van der Waals surface area contributed by atoms with Gasteiger partial charge in [-0.05, 0) is 31.1 Å². The second kappa shape index (κ2) is 8.92. The molecule has 0 fully saturated rings. The molecule has 0 aliphatic rings. The lowest BCUT2D eigenvalue weighted by molar-refractivity contribution is -0.116. The van der Waals surface area contributed by atoms with Gasteiger partial charge in [0.1, 0.15) is 17.3 Å². The first kappa shape index (κ1) is 18.6. The van der Waals surface area contributed by atoms with Gasteiger partial charge in [0.05, 0.1) is 14.2 Å². The summed E-state index contributed by atoms with van der Waals surface area (Å²) >= 11 is 0. The van der Waals surface area contributed by atoms with Gasteiger partial charge in [0.25, 0.3) is 0 Å². The van der Waals surface area contributed by atoms with Crippen LogP contribution >= 0.6 is 0 Å². The molecule has 0 radical (unpaired) electrons. The summed E-state index contributed by atoms with van der Waals surface area (Å²) in [6, 6.07) is 5.47. The number of carbonyl (C=O) groups excluding carboxylic acids is 1. The fraction of sp³-hybridized carbons (Fsp3) is 0.368. The number of methoxy groups -OCH3 is 2. The number of aromatic nitrogens is 2. The van der Waals surface area contributed by atoms with Crippen LogP contribution in [-0.4, -0.2) is 36.2 Å². The van der Waals surface area contributed by atoms with Crippen LogP contribution in [0.2, 0.25) is 0 Å². The van der Waals surface area contributed by atoms with E-state index in [0.29, 0.717) is 24.0 Å². The highest BCUT2D eigenvalue weighted by atomic mass is 16.5. The quantitative estimate of drug-likeness (QED) is 0.749. The molecule has 0 aliphatic carbocycles. The van der Waals surface area contributed by atoms with Crippen LogP contribution in [0.3, 0.4) is 0 Å². The molecule has 1 amide bonds. The first-order valence-corrected chi connectivity index (χ1v) is 8.19. The number of nitrogens with one attached hydrogen (secondary N) is 1. The second-order valence-electron chi connectivity index (χ2n) is 5.92. The number of amides is 1. The van der Waals surface area contributed by atoms with Crippen LogP contribution in [0, 0.1) is 12.8 Å². The maximum absolute atomic E-state index is 12.0. The van der Waals surface area contributed by atoms with Crippen LogP contribution in [0.5, 0.6) is 11.5 Å². The second-order valence-corrected chi connectivity index (χ2v) is 5.92. The smallest absolute Gasteiger partial charge is 0.244 e. The number of imidazole rings is 1. The molecule has 2 rings (SSSR count). The average molecular weight is 343 g/mol. The Morgan fingerprint density at radius 2 is 2.16 bits per heavy atom. The molecule has 1 aromatic heterocycles. The topological polar surface area (TPSA) is 65.4 Å². The minimum atomic E-state index is -0.132. The number of aryl methyl sites for hydroxylation is 1. The summed E-state index contributed by atoms with van der Waals surface area (Å²) in [6.07, 6.45) is 6.98. The molecule has 25 heavy (non-hydrogen) atoms. The Balaban J connectivity index is 1.87. The van der Waals surface area contributed by atoms with Crippen molar-refractivity contribution >= 4 is 12.0 Å². The summed E-state index contributed by atoms with van der Waals surface area (Å²) in [5.41, 5.74) is 0.820. The molecule has 0 saturated heterocycles. The van der Waals surface area contributed by atoms with Crippen LogP contribution in [-0.2, 0) is 11.3 Å². The molecule has 1 atom stereocenters. The summed E-state index contributed by atoms with van der Waals surface area (Å²) in [6.45, 7) is 5.48. The Hall–Kier alpha value is -2.76. The van der Waals surface area contributed by atoms with Gasteiger partial charge in [-0.25, -0.2) is 4.98 Å². The summed E-state index contributed by atoms with van der Waals surface area (Å²) < 4.78 is 12.6. The van der Waals surface area contributed by atoms with Crippen molar-refractivity contribution < 1.29 is 14.3 Å². The van der Waals surface area contributed by atoms with Gasteiger partial charge in [0.2, 0.25) is 5.91 Å². The Morgan fingerprint density at radius 1 is 1.36 bits per heavy atom. The fourth-order valence-corrected chi connectivity index (χ4v) is 2.45. The Morgan fingerprint density at radius 3 is 2.80 bits per heavy atom. The van der Waals surface area contributed by atoms with E-state index in [0.717, 1.165) is 17.9 Å². The van der Waals surface area contributed by atoms with Crippen LogP contribution in [0.1, 0.15) is 18.3 Å². The third kappa shape index (κ3) is 5.38. The van der Waals surface area contributed by atoms with Crippen molar-refractivity contribution in [1.82, 2.24) is 14.9 Å².